The van der Waals surface area contributed by atoms with Crippen LogP contribution >= 0.6 is 23.2 Å². The van der Waals surface area contributed by atoms with Crippen LogP contribution in [0.2, 0.25) is 5.02 Å². The summed E-state index contributed by atoms with van der Waals surface area (Å²) in [7, 11) is 3.38. The first kappa shape index (κ1) is 28.8. The molecular formula is C32H30Cl2N6O3. The van der Waals surface area contributed by atoms with E-state index in [-0.39, 0.29) is 11.8 Å². The number of benzene rings is 3. The monoisotopic (exact) mass is 616 g/mol. The number of amides is 2. The van der Waals surface area contributed by atoms with Crippen LogP contribution in [0.5, 0.6) is 5.75 Å². The molecular weight excluding hydrogens is 587 g/mol. The summed E-state index contributed by atoms with van der Waals surface area (Å²) in [5.41, 5.74) is 3.14. The lowest BCUT2D eigenvalue weighted by atomic mass is 9.88. The van der Waals surface area contributed by atoms with Crippen molar-refractivity contribution in [2.24, 2.45) is 0 Å². The van der Waals surface area contributed by atoms with Crippen LogP contribution in [0.1, 0.15) is 44.1 Å². The summed E-state index contributed by atoms with van der Waals surface area (Å²) >= 11 is 13.7. The third-order valence-corrected chi connectivity index (χ3v) is 8.70. The van der Waals surface area contributed by atoms with E-state index in [9.17, 15) is 9.59 Å². The van der Waals surface area contributed by atoms with Crippen molar-refractivity contribution >= 4 is 52.3 Å². The van der Waals surface area contributed by atoms with Gasteiger partial charge in [0.1, 0.15) is 29.3 Å². The Balaban J connectivity index is 1.36. The highest BCUT2D eigenvalue weighted by Gasteiger charge is 2.44. The zero-order valence-electron chi connectivity index (χ0n) is 23.9. The zero-order valence-corrected chi connectivity index (χ0v) is 25.4. The van der Waals surface area contributed by atoms with Gasteiger partial charge in [-0.1, -0.05) is 54.1 Å². The van der Waals surface area contributed by atoms with Gasteiger partial charge in [0.2, 0.25) is 0 Å². The number of para-hydroxylation sites is 1. The van der Waals surface area contributed by atoms with Crippen LogP contribution in [-0.4, -0.2) is 59.6 Å². The Bertz CT molecular complexity index is 1670. The highest BCUT2D eigenvalue weighted by atomic mass is 35.5. The first-order valence-corrected chi connectivity index (χ1v) is 14.7. The predicted molar refractivity (Wildman–Crippen MR) is 168 cm³/mol. The summed E-state index contributed by atoms with van der Waals surface area (Å²) in [6.07, 6.45) is 1.45. The van der Waals surface area contributed by atoms with Crippen LogP contribution in [0.25, 0.3) is 0 Å². The molecule has 1 N–H and O–H groups in total. The summed E-state index contributed by atoms with van der Waals surface area (Å²) in [6.45, 7) is 2.82. The Labute approximate surface area is 260 Å². The Kier molecular flexibility index (Phi) is 7.85. The number of ether oxygens (including phenoxy) is 1. The fourth-order valence-electron chi connectivity index (χ4n) is 5.80. The average Bonchev–Trinajstić information content (AvgIpc) is 3.02. The van der Waals surface area contributed by atoms with Crippen molar-refractivity contribution in [3.8, 4) is 5.75 Å². The molecule has 43 heavy (non-hydrogen) atoms. The lowest BCUT2D eigenvalue weighted by molar-refractivity contribution is 0.0780. The largest absolute Gasteiger partial charge is 0.497 e. The summed E-state index contributed by atoms with van der Waals surface area (Å²) < 4.78 is 5.29. The molecule has 3 unspecified atom stereocenters. The third kappa shape index (κ3) is 5.23. The lowest BCUT2D eigenvalue weighted by Gasteiger charge is -2.43. The maximum atomic E-state index is 14.0. The molecule has 220 valence electrons. The Morgan fingerprint density at radius 2 is 1.72 bits per heavy atom. The van der Waals surface area contributed by atoms with E-state index in [1.807, 2.05) is 72.5 Å². The van der Waals surface area contributed by atoms with E-state index in [1.165, 1.54) is 6.33 Å². The van der Waals surface area contributed by atoms with Gasteiger partial charge in [-0.3, -0.25) is 9.59 Å². The second-order valence-corrected chi connectivity index (χ2v) is 11.5. The molecule has 9 nitrogen and oxygen atoms in total. The number of anilines is 3. The Morgan fingerprint density at radius 3 is 2.44 bits per heavy atom. The maximum Gasteiger partial charge on any atom is 0.262 e. The van der Waals surface area contributed by atoms with Crippen LogP contribution in [-0.2, 0) is 6.54 Å². The minimum absolute atomic E-state index is 0.199. The van der Waals surface area contributed by atoms with Crippen LogP contribution in [0.3, 0.4) is 0 Å². The highest BCUT2D eigenvalue weighted by molar-refractivity contribution is 6.36. The molecule has 0 saturated carbocycles. The third-order valence-electron chi connectivity index (χ3n) is 7.89. The Hall–Kier alpha value is -4.34. The number of carbonyl (C=O) groups is 2. The van der Waals surface area contributed by atoms with E-state index in [0.29, 0.717) is 52.2 Å². The number of methoxy groups -OCH3 is 1. The molecule has 3 aromatic carbocycles. The summed E-state index contributed by atoms with van der Waals surface area (Å²) in [4.78, 5) is 41.9. The fourth-order valence-corrected chi connectivity index (χ4v) is 6.58. The second-order valence-electron chi connectivity index (χ2n) is 10.7. The van der Waals surface area contributed by atoms with Crippen molar-refractivity contribution in [3.63, 3.8) is 0 Å². The van der Waals surface area contributed by atoms with Crippen molar-refractivity contribution in [3.05, 3.63) is 106 Å². The van der Waals surface area contributed by atoms with Gasteiger partial charge in [0.25, 0.3) is 11.8 Å². The standard InChI is InChI=1S/C32H30Cl2N6O3/c1-19(28-27(34)23-10-7-11-24(33)25(23)32(42)40(28)21-8-5-4-6-9-21)37-29-26-30(36-17-35-29)39(18-38(2)31(26)41)16-20-12-14-22(43-3)15-13-20/h4-15,17,19,27-28H,16,18H2,1-3H3,(H,35,36,37). The molecule has 3 atom stereocenters. The molecule has 11 heteroatoms. The number of fused-ring (bicyclic) bond motifs is 2. The fraction of sp³-hybridized carbons (Fsp3) is 0.250. The number of carbonyl (C=O) groups excluding carboxylic acids is 2. The van der Waals surface area contributed by atoms with Gasteiger partial charge in [0.15, 0.2) is 0 Å². The highest BCUT2D eigenvalue weighted by Crippen LogP contribution is 2.43. The molecule has 2 aliphatic heterocycles. The van der Waals surface area contributed by atoms with Crippen LogP contribution in [0.4, 0.5) is 17.3 Å². The molecule has 2 amide bonds. The molecule has 0 spiro atoms. The number of halogens is 2. The molecule has 0 aliphatic carbocycles. The van der Waals surface area contributed by atoms with Crippen molar-refractivity contribution in [1.82, 2.24) is 14.9 Å². The summed E-state index contributed by atoms with van der Waals surface area (Å²) in [5.74, 6) is 1.23. The molecule has 0 saturated heterocycles. The molecule has 6 rings (SSSR count). The topological polar surface area (TPSA) is 90.9 Å². The number of aromatic nitrogens is 2. The first-order valence-electron chi connectivity index (χ1n) is 13.8. The van der Waals surface area contributed by atoms with Gasteiger partial charge in [0.05, 0.1) is 35.8 Å². The van der Waals surface area contributed by atoms with Gasteiger partial charge in [-0.05, 0) is 48.4 Å². The van der Waals surface area contributed by atoms with E-state index in [2.05, 4.69) is 15.3 Å². The number of hydrogen-bond donors (Lipinski definition) is 1. The van der Waals surface area contributed by atoms with Gasteiger partial charge < -0.3 is 24.8 Å². The molecule has 4 aromatic rings. The van der Waals surface area contributed by atoms with Crippen molar-refractivity contribution < 1.29 is 14.3 Å². The van der Waals surface area contributed by atoms with Crippen molar-refractivity contribution in [1.29, 1.82) is 0 Å². The number of rotatable bonds is 7. The van der Waals surface area contributed by atoms with E-state index >= 15 is 0 Å². The normalized spacial score (nSPS) is 18.7. The molecule has 1 aromatic heterocycles. The van der Waals surface area contributed by atoms with E-state index in [0.717, 1.165) is 11.3 Å². The van der Waals surface area contributed by atoms with Crippen molar-refractivity contribution in [2.45, 2.75) is 30.9 Å². The molecule has 2 aliphatic rings. The predicted octanol–water partition coefficient (Wildman–Crippen LogP) is 6.00. The van der Waals surface area contributed by atoms with Gasteiger partial charge in [0, 0.05) is 25.3 Å². The summed E-state index contributed by atoms with van der Waals surface area (Å²) in [5, 5.41) is 3.18. The van der Waals surface area contributed by atoms with Gasteiger partial charge in [-0.15, -0.1) is 11.6 Å². The molecule has 3 heterocycles. The number of nitrogens with zero attached hydrogens (tertiary/aromatic N) is 5. The average molecular weight is 618 g/mol. The van der Waals surface area contributed by atoms with Crippen LogP contribution in [0.15, 0.2) is 79.1 Å². The minimum atomic E-state index is -0.600. The zero-order chi connectivity index (χ0) is 30.2. The molecule has 0 radical (unpaired) electrons. The van der Waals surface area contributed by atoms with Gasteiger partial charge in [-0.25, -0.2) is 9.97 Å². The van der Waals surface area contributed by atoms with E-state index < -0.39 is 17.5 Å². The smallest absolute Gasteiger partial charge is 0.262 e. The summed E-state index contributed by atoms with van der Waals surface area (Å²) in [6, 6.07) is 21.5. The van der Waals surface area contributed by atoms with Crippen molar-refractivity contribution in [2.75, 3.05) is 35.9 Å². The second kappa shape index (κ2) is 11.7. The van der Waals surface area contributed by atoms with Crippen LogP contribution in [0, 0.1) is 0 Å². The Morgan fingerprint density at radius 1 is 0.977 bits per heavy atom. The van der Waals surface area contributed by atoms with Gasteiger partial charge >= 0.3 is 0 Å². The lowest BCUT2D eigenvalue weighted by Crippen LogP contribution is -2.54. The maximum absolute atomic E-state index is 14.0. The first-order chi connectivity index (χ1) is 20.8. The minimum Gasteiger partial charge on any atom is -0.497 e. The molecule has 0 bridgehead atoms. The SMILES string of the molecule is COc1ccc(CN2CN(C)C(=O)c3c(NC(C)C4C(Cl)c5cccc(Cl)c5C(=O)N4c4ccccc4)ncnc32)cc1. The van der Waals surface area contributed by atoms with Crippen LogP contribution < -0.4 is 19.9 Å². The van der Waals surface area contributed by atoms with E-state index in [4.69, 9.17) is 27.9 Å². The quantitative estimate of drug-likeness (QED) is 0.255. The van der Waals surface area contributed by atoms with E-state index in [1.54, 1.807) is 36.1 Å². The number of hydrogen-bond acceptors (Lipinski definition) is 7. The van der Waals surface area contributed by atoms with Gasteiger partial charge in [-0.2, -0.15) is 0 Å². The number of nitrogens with one attached hydrogen (secondary N) is 1. The molecule has 0 fully saturated rings. The number of alkyl halides is 1.